The minimum absolute atomic E-state index is 0.202. The smallest absolute Gasteiger partial charge is 0.261 e. The van der Waals surface area contributed by atoms with Gasteiger partial charge in [0, 0.05) is 43.2 Å². The maximum absolute atomic E-state index is 12.7. The summed E-state index contributed by atoms with van der Waals surface area (Å²) in [7, 11) is 1.81. The second-order valence-electron chi connectivity index (χ2n) is 5.57. The Morgan fingerprint density at radius 3 is 2.48 bits per heavy atom. The molecule has 0 spiro atoms. The van der Waals surface area contributed by atoms with Crippen molar-refractivity contribution in [1.29, 1.82) is 0 Å². The number of aryl methyl sites for hydroxylation is 1. The lowest BCUT2D eigenvalue weighted by molar-refractivity contribution is 0.102. The molecule has 1 amide bonds. The van der Waals surface area contributed by atoms with Crippen LogP contribution in [-0.2, 0) is 7.05 Å². The van der Waals surface area contributed by atoms with Crippen molar-refractivity contribution < 1.29 is 4.79 Å². The summed E-state index contributed by atoms with van der Waals surface area (Å²) in [4.78, 5) is 16.7. The second-order valence-corrected chi connectivity index (χ2v) is 5.57. The summed E-state index contributed by atoms with van der Waals surface area (Å²) in [5.41, 5.74) is 2.21. The highest BCUT2D eigenvalue weighted by atomic mass is 16.1. The number of hydrogen-bond acceptors (Lipinski definition) is 3. The Morgan fingerprint density at radius 1 is 1.04 bits per heavy atom. The van der Waals surface area contributed by atoms with E-state index in [1.54, 1.807) is 23.4 Å². The predicted octanol–water partition coefficient (Wildman–Crippen LogP) is 2.65. The molecular formula is C18H16N6O. The first-order valence-corrected chi connectivity index (χ1v) is 7.77. The molecule has 0 saturated heterocycles. The fraction of sp³-hybridized carbons (Fsp3) is 0.0556. The van der Waals surface area contributed by atoms with Crippen LogP contribution < -0.4 is 5.32 Å². The molecule has 0 aliphatic rings. The van der Waals surface area contributed by atoms with Gasteiger partial charge in [0.05, 0.1) is 12.5 Å². The Kier molecular flexibility index (Phi) is 3.66. The number of amides is 1. The molecule has 0 aliphatic heterocycles. The van der Waals surface area contributed by atoms with Crippen molar-refractivity contribution in [3.05, 3.63) is 79.3 Å². The van der Waals surface area contributed by atoms with Crippen molar-refractivity contribution in [2.24, 2.45) is 7.05 Å². The van der Waals surface area contributed by atoms with E-state index in [2.05, 4.69) is 15.4 Å². The number of benzene rings is 1. The molecule has 3 heterocycles. The molecule has 0 aliphatic carbocycles. The average molecular weight is 332 g/mol. The number of carbonyl (C=O) groups is 1. The summed E-state index contributed by atoms with van der Waals surface area (Å²) in [6, 6.07) is 11.4. The molecule has 3 aromatic heterocycles. The van der Waals surface area contributed by atoms with Crippen molar-refractivity contribution in [2.75, 3.05) is 5.32 Å². The third-order valence-electron chi connectivity index (χ3n) is 3.93. The number of nitrogens with one attached hydrogen (secondary N) is 1. The van der Waals surface area contributed by atoms with Gasteiger partial charge in [-0.25, -0.2) is 4.98 Å². The van der Waals surface area contributed by atoms with Crippen LogP contribution in [0.1, 0.15) is 10.4 Å². The van der Waals surface area contributed by atoms with E-state index >= 15 is 0 Å². The molecule has 7 nitrogen and oxygen atoms in total. The first-order valence-electron chi connectivity index (χ1n) is 7.77. The van der Waals surface area contributed by atoms with Crippen LogP contribution in [0.2, 0.25) is 0 Å². The number of carbonyl (C=O) groups excluding carboxylic acids is 1. The third kappa shape index (κ3) is 2.83. The van der Waals surface area contributed by atoms with Crippen LogP contribution >= 0.6 is 0 Å². The molecule has 4 rings (SSSR count). The molecule has 1 N–H and O–H groups in total. The van der Waals surface area contributed by atoms with Crippen LogP contribution in [0.15, 0.2) is 73.7 Å². The molecule has 0 unspecified atom stereocenters. The summed E-state index contributed by atoms with van der Waals surface area (Å²) in [6.07, 6.45) is 10.7. The quantitative estimate of drug-likeness (QED) is 0.624. The van der Waals surface area contributed by atoms with Gasteiger partial charge in [-0.1, -0.05) is 0 Å². The first-order chi connectivity index (χ1) is 12.2. The summed E-state index contributed by atoms with van der Waals surface area (Å²) < 4.78 is 5.44. The maximum atomic E-state index is 12.7. The van der Waals surface area contributed by atoms with Crippen molar-refractivity contribution in [1.82, 2.24) is 23.9 Å². The molecule has 25 heavy (non-hydrogen) atoms. The largest absolute Gasteiger partial charge is 0.322 e. The summed E-state index contributed by atoms with van der Waals surface area (Å²) in [5, 5.41) is 7.12. The van der Waals surface area contributed by atoms with Crippen LogP contribution in [0, 0.1) is 0 Å². The van der Waals surface area contributed by atoms with Gasteiger partial charge in [0.15, 0.2) is 0 Å². The maximum Gasteiger partial charge on any atom is 0.261 e. The molecule has 4 aromatic rings. The number of hydrogen-bond donors (Lipinski definition) is 1. The second kappa shape index (κ2) is 6.12. The van der Waals surface area contributed by atoms with Gasteiger partial charge in [-0.05, 0) is 36.4 Å². The minimum atomic E-state index is -0.202. The highest BCUT2D eigenvalue weighted by molar-refractivity contribution is 6.06. The fourth-order valence-electron chi connectivity index (χ4n) is 2.70. The SMILES string of the molecule is Cn1ncc(C(=O)Nc2ccc(-n3ccnc3)cc2)c1-n1cccc1. The molecular weight excluding hydrogens is 316 g/mol. The number of aromatic nitrogens is 5. The van der Waals surface area contributed by atoms with Crippen molar-refractivity contribution in [3.8, 4) is 11.5 Å². The van der Waals surface area contributed by atoms with Crippen molar-refractivity contribution >= 4 is 11.6 Å². The number of imidazole rings is 1. The first kappa shape index (κ1) is 14.9. The fourth-order valence-corrected chi connectivity index (χ4v) is 2.70. The van der Waals surface area contributed by atoms with Crippen molar-refractivity contribution in [2.45, 2.75) is 0 Å². The Morgan fingerprint density at radius 2 is 1.80 bits per heavy atom. The molecule has 7 heteroatoms. The molecule has 0 radical (unpaired) electrons. The van der Waals surface area contributed by atoms with Crippen LogP contribution in [0.25, 0.3) is 11.5 Å². The van der Waals surface area contributed by atoms with E-state index in [4.69, 9.17) is 0 Å². The zero-order valence-corrected chi connectivity index (χ0v) is 13.6. The highest BCUT2D eigenvalue weighted by Crippen LogP contribution is 2.18. The predicted molar refractivity (Wildman–Crippen MR) is 94.1 cm³/mol. The van der Waals surface area contributed by atoms with Crippen LogP contribution in [-0.4, -0.2) is 29.8 Å². The Hall–Kier alpha value is -3.61. The van der Waals surface area contributed by atoms with Gasteiger partial charge >= 0.3 is 0 Å². The van der Waals surface area contributed by atoms with Crippen molar-refractivity contribution in [3.63, 3.8) is 0 Å². The minimum Gasteiger partial charge on any atom is -0.322 e. The Bertz CT molecular complexity index is 981. The van der Waals surface area contributed by atoms with Crippen LogP contribution in [0.3, 0.4) is 0 Å². The zero-order chi connectivity index (χ0) is 17.2. The van der Waals surface area contributed by atoms with Gasteiger partial charge < -0.3 is 14.5 Å². The molecule has 0 atom stereocenters. The van der Waals surface area contributed by atoms with E-state index in [-0.39, 0.29) is 5.91 Å². The number of anilines is 1. The van der Waals surface area contributed by atoms with Gasteiger partial charge in [0.25, 0.3) is 5.91 Å². The van der Waals surface area contributed by atoms with E-state index in [0.717, 1.165) is 17.2 Å². The molecule has 0 bridgehead atoms. The lowest BCUT2D eigenvalue weighted by atomic mass is 10.2. The lowest BCUT2D eigenvalue weighted by Gasteiger charge is -2.09. The standard InChI is InChI=1S/C18H16N6O/c1-22-18(23-9-2-3-10-23)16(12-20-22)17(25)21-14-4-6-15(7-5-14)24-11-8-19-13-24/h2-13H,1H3,(H,21,25). The normalized spacial score (nSPS) is 10.8. The number of nitrogens with zero attached hydrogens (tertiary/aromatic N) is 5. The number of rotatable bonds is 4. The van der Waals surface area contributed by atoms with E-state index in [9.17, 15) is 4.79 Å². The lowest BCUT2D eigenvalue weighted by Crippen LogP contribution is -2.15. The van der Waals surface area contributed by atoms with Crippen LogP contribution in [0.4, 0.5) is 5.69 Å². The summed E-state index contributed by atoms with van der Waals surface area (Å²) in [5.74, 6) is 0.518. The van der Waals surface area contributed by atoms with Gasteiger partial charge in [-0.3, -0.25) is 9.48 Å². The molecule has 124 valence electrons. The van der Waals surface area contributed by atoms with E-state index < -0.39 is 0 Å². The van der Waals surface area contributed by atoms with E-state index in [0.29, 0.717) is 5.56 Å². The van der Waals surface area contributed by atoms with Crippen LogP contribution in [0.5, 0.6) is 0 Å². The van der Waals surface area contributed by atoms with E-state index in [1.165, 1.54) is 0 Å². The van der Waals surface area contributed by atoms with Gasteiger partial charge in [0.2, 0.25) is 0 Å². The van der Waals surface area contributed by atoms with Gasteiger partial charge in [0.1, 0.15) is 11.4 Å². The zero-order valence-electron chi connectivity index (χ0n) is 13.6. The third-order valence-corrected chi connectivity index (χ3v) is 3.93. The van der Waals surface area contributed by atoms with E-state index in [1.807, 2.05) is 71.2 Å². The highest BCUT2D eigenvalue weighted by Gasteiger charge is 2.17. The van der Waals surface area contributed by atoms with Gasteiger partial charge in [-0.15, -0.1) is 0 Å². The topological polar surface area (TPSA) is 69.7 Å². The summed E-state index contributed by atoms with van der Waals surface area (Å²) >= 11 is 0. The van der Waals surface area contributed by atoms with Gasteiger partial charge in [-0.2, -0.15) is 5.10 Å². The molecule has 0 saturated carbocycles. The molecule has 0 fully saturated rings. The average Bonchev–Trinajstić information content (AvgIpc) is 3.37. The monoisotopic (exact) mass is 332 g/mol. The molecule has 1 aromatic carbocycles. The summed E-state index contributed by atoms with van der Waals surface area (Å²) in [6.45, 7) is 0. The Labute approximate surface area is 144 Å². The Balaban J connectivity index is 1.57.